The fraction of sp³-hybridized carbons (Fsp3) is 0.222. The molecule has 102 valence electrons. The molecule has 1 aromatic heterocycles. The molecule has 0 aliphatic rings. The number of nitrogens with one attached hydrogen (secondary N) is 1. The summed E-state index contributed by atoms with van der Waals surface area (Å²) in [5, 5.41) is 10.7. The van der Waals surface area contributed by atoms with Crippen molar-refractivity contribution < 1.29 is 12.8 Å². The molecule has 0 bridgehead atoms. The summed E-state index contributed by atoms with van der Waals surface area (Å²) in [5.41, 5.74) is 5.34. The third-order valence-corrected chi connectivity index (χ3v) is 3.79. The number of hydrogen-bond acceptors (Lipinski definition) is 6. The summed E-state index contributed by atoms with van der Waals surface area (Å²) in [7, 11) is -2.45. The highest BCUT2D eigenvalue weighted by molar-refractivity contribution is 7.92. The number of nitrogen functional groups attached to an aromatic ring is 1. The molecular formula is C9H11FN6O2S. The van der Waals surface area contributed by atoms with Crippen molar-refractivity contribution in [1.29, 1.82) is 0 Å². The van der Waals surface area contributed by atoms with Crippen molar-refractivity contribution in [3.8, 4) is 0 Å². The van der Waals surface area contributed by atoms with Gasteiger partial charge in [-0.3, -0.25) is 0 Å². The SMILES string of the molecule is Cc1cc(F)c(N)cc1S(=O)(=O)Nc1nnn(C)n1. The van der Waals surface area contributed by atoms with Gasteiger partial charge in [0.05, 0.1) is 17.6 Å². The van der Waals surface area contributed by atoms with E-state index in [0.29, 0.717) is 0 Å². The Kier molecular flexibility index (Phi) is 3.10. The van der Waals surface area contributed by atoms with Crippen LogP contribution >= 0.6 is 0 Å². The van der Waals surface area contributed by atoms with Crippen LogP contribution in [0.25, 0.3) is 0 Å². The summed E-state index contributed by atoms with van der Waals surface area (Å²) in [6, 6.07) is 2.09. The zero-order valence-electron chi connectivity index (χ0n) is 10.1. The van der Waals surface area contributed by atoms with Gasteiger partial charge in [0.2, 0.25) is 0 Å². The molecule has 0 aliphatic heterocycles. The highest BCUT2D eigenvalue weighted by atomic mass is 32.2. The lowest BCUT2D eigenvalue weighted by Gasteiger charge is -2.09. The number of sulfonamides is 1. The highest BCUT2D eigenvalue weighted by Gasteiger charge is 2.20. The number of hydrogen-bond donors (Lipinski definition) is 2. The molecule has 2 aromatic rings. The molecule has 1 heterocycles. The maximum absolute atomic E-state index is 13.2. The number of benzene rings is 1. The van der Waals surface area contributed by atoms with Gasteiger partial charge in [-0.2, -0.15) is 4.80 Å². The Balaban J connectivity index is 2.42. The van der Waals surface area contributed by atoms with Crippen molar-refractivity contribution in [3.05, 3.63) is 23.5 Å². The number of nitrogens with two attached hydrogens (primary N) is 1. The molecule has 0 saturated heterocycles. The number of tetrazole rings is 1. The lowest BCUT2D eigenvalue weighted by Crippen LogP contribution is -2.16. The number of halogens is 1. The van der Waals surface area contributed by atoms with E-state index < -0.39 is 15.8 Å². The summed E-state index contributed by atoms with van der Waals surface area (Å²) >= 11 is 0. The average molecular weight is 286 g/mol. The van der Waals surface area contributed by atoms with Crippen LogP contribution in [-0.2, 0) is 17.1 Å². The van der Waals surface area contributed by atoms with E-state index in [-0.39, 0.29) is 22.1 Å². The van der Waals surface area contributed by atoms with E-state index >= 15 is 0 Å². The topological polar surface area (TPSA) is 116 Å². The van der Waals surface area contributed by atoms with Crippen LogP contribution in [-0.4, -0.2) is 28.6 Å². The summed E-state index contributed by atoms with van der Waals surface area (Å²) in [6.45, 7) is 1.46. The van der Waals surface area contributed by atoms with Gasteiger partial charge in [0.1, 0.15) is 5.82 Å². The first-order valence-corrected chi connectivity index (χ1v) is 6.60. The molecule has 19 heavy (non-hydrogen) atoms. The third kappa shape index (κ3) is 2.62. The summed E-state index contributed by atoms with van der Waals surface area (Å²) in [6.07, 6.45) is 0. The Labute approximate surface area is 108 Å². The largest absolute Gasteiger partial charge is 0.396 e. The molecule has 2 rings (SSSR count). The molecule has 0 fully saturated rings. The first kappa shape index (κ1) is 13.2. The molecule has 0 unspecified atom stereocenters. The average Bonchev–Trinajstić information content (AvgIpc) is 2.68. The number of nitrogens with zero attached hydrogens (tertiary/aromatic N) is 4. The first-order valence-electron chi connectivity index (χ1n) is 5.12. The van der Waals surface area contributed by atoms with Crippen molar-refractivity contribution in [2.24, 2.45) is 7.05 Å². The van der Waals surface area contributed by atoms with Gasteiger partial charge in [-0.1, -0.05) is 5.10 Å². The van der Waals surface area contributed by atoms with Gasteiger partial charge in [-0.25, -0.2) is 17.5 Å². The molecule has 8 nitrogen and oxygen atoms in total. The summed E-state index contributed by atoms with van der Waals surface area (Å²) in [4.78, 5) is 0.961. The molecule has 1 aromatic carbocycles. The van der Waals surface area contributed by atoms with Crippen LogP contribution in [0.5, 0.6) is 0 Å². The van der Waals surface area contributed by atoms with E-state index in [4.69, 9.17) is 5.73 Å². The van der Waals surface area contributed by atoms with Crippen molar-refractivity contribution in [2.45, 2.75) is 11.8 Å². The Bertz CT molecular complexity index is 726. The normalized spacial score (nSPS) is 11.5. The second-order valence-electron chi connectivity index (χ2n) is 3.85. The number of rotatable bonds is 3. The van der Waals surface area contributed by atoms with E-state index in [9.17, 15) is 12.8 Å². The molecule has 0 radical (unpaired) electrons. The maximum Gasteiger partial charge on any atom is 0.277 e. The van der Waals surface area contributed by atoms with Gasteiger partial charge in [-0.05, 0) is 29.8 Å². The second-order valence-corrected chi connectivity index (χ2v) is 5.50. The van der Waals surface area contributed by atoms with Crippen LogP contribution in [0.1, 0.15) is 5.56 Å². The molecule has 0 spiro atoms. The molecule has 0 aliphatic carbocycles. The third-order valence-electron chi connectivity index (χ3n) is 2.32. The van der Waals surface area contributed by atoms with Crippen LogP contribution in [0.3, 0.4) is 0 Å². The molecule has 0 atom stereocenters. The highest BCUT2D eigenvalue weighted by Crippen LogP contribution is 2.22. The molecule has 10 heteroatoms. The standard InChI is InChI=1S/C9H11FN6O2S/c1-5-3-6(10)7(11)4-8(5)19(17,18)14-9-12-15-16(2)13-9/h3-4H,11H2,1-2H3,(H,13,14). The number of aryl methyl sites for hydroxylation is 2. The summed E-state index contributed by atoms with van der Waals surface area (Å²) < 4.78 is 39.5. The van der Waals surface area contributed by atoms with Gasteiger partial charge in [0.25, 0.3) is 16.0 Å². The van der Waals surface area contributed by atoms with Crippen LogP contribution in [0.4, 0.5) is 16.0 Å². The van der Waals surface area contributed by atoms with Gasteiger partial charge in [0.15, 0.2) is 0 Å². The number of anilines is 2. The minimum Gasteiger partial charge on any atom is -0.396 e. The summed E-state index contributed by atoms with van der Waals surface area (Å²) in [5.74, 6) is -0.848. The van der Waals surface area contributed by atoms with Crippen LogP contribution in [0.15, 0.2) is 17.0 Å². The smallest absolute Gasteiger partial charge is 0.277 e. The molecule has 0 saturated carbocycles. The van der Waals surface area contributed by atoms with E-state index in [1.165, 1.54) is 14.0 Å². The Morgan fingerprint density at radius 3 is 2.68 bits per heavy atom. The molecule has 0 amide bonds. The predicted molar refractivity (Wildman–Crippen MR) is 65.2 cm³/mol. The predicted octanol–water partition coefficient (Wildman–Crippen LogP) is 0.0406. The van der Waals surface area contributed by atoms with Gasteiger partial charge >= 0.3 is 0 Å². The first-order chi connectivity index (χ1) is 8.79. The Morgan fingerprint density at radius 2 is 2.11 bits per heavy atom. The fourth-order valence-electron chi connectivity index (χ4n) is 1.46. The minimum absolute atomic E-state index is 0.140. The molecular weight excluding hydrogens is 275 g/mol. The van der Waals surface area contributed by atoms with Gasteiger partial charge < -0.3 is 5.73 Å². The van der Waals surface area contributed by atoms with E-state index in [0.717, 1.165) is 16.9 Å². The Morgan fingerprint density at radius 1 is 1.42 bits per heavy atom. The van der Waals surface area contributed by atoms with E-state index in [1.807, 2.05) is 0 Å². The van der Waals surface area contributed by atoms with Crippen molar-refractivity contribution in [1.82, 2.24) is 20.2 Å². The van der Waals surface area contributed by atoms with Crippen molar-refractivity contribution in [3.63, 3.8) is 0 Å². The second kappa shape index (κ2) is 4.46. The van der Waals surface area contributed by atoms with Gasteiger partial charge in [-0.15, -0.1) is 5.10 Å². The monoisotopic (exact) mass is 286 g/mol. The maximum atomic E-state index is 13.2. The lowest BCUT2D eigenvalue weighted by atomic mass is 10.2. The zero-order chi connectivity index (χ0) is 14.2. The quantitative estimate of drug-likeness (QED) is 0.770. The lowest BCUT2D eigenvalue weighted by molar-refractivity contribution is 0.598. The van der Waals surface area contributed by atoms with Crippen LogP contribution < -0.4 is 10.5 Å². The fourth-order valence-corrected chi connectivity index (χ4v) is 2.66. The Hall–Kier alpha value is -2.23. The van der Waals surface area contributed by atoms with Crippen LogP contribution in [0.2, 0.25) is 0 Å². The number of aromatic nitrogens is 4. The minimum atomic E-state index is -3.94. The van der Waals surface area contributed by atoms with Crippen LogP contribution in [0, 0.1) is 12.7 Å². The molecule has 3 N–H and O–H groups in total. The van der Waals surface area contributed by atoms with E-state index in [2.05, 4.69) is 20.1 Å². The van der Waals surface area contributed by atoms with E-state index in [1.54, 1.807) is 0 Å². The van der Waals surface area contributed by atoms with Gasteiger partial charge in [0, 0.05) is 0 Å². The van der Waals surface area contributed by atoms with Crippen molar-refractivity contribution in [2.75, 3.05) is 10.5 Å². The zero-order valence-corrected chi connectivity index (χ0v) is 10.9. The van der Waals surface area contributed by atoms with Crippen molar-refractivity contribution >= 4 is 21.7 Å².